The van der Waals surface area contributed by atoms with E-state index in [-0.39, 0.29) is 12.0 Å². The number of carbonyl (C=O) groups excluding carboxylic acids is 1. The Morgan fingerprint density at radius 3 is 2.58 bits per heavy atom. The summed E-state index contributed by atoms with van der Waals surface area (Å²) >= 11 is 0. The fourth-order valence-corrected chi connectivity index (χ4v) is 4.37. The Bertz CT molecular complexity index is 1130. The maximum Gasteiger partial charge on any atom is 0.410 e. The van der Waals surface area contributed by atoms with E-state index in [0.717, 1.165) is 42.2 Å². The molecule has 9 heteroatoms. The van der Waals surface area contributed by atoms with Crippen molar-refractivity contribution in [2.75, 3.05) is 44.3 Å². The molecular weight excluding hydrogens is 420 g/mol. The lowest BCUT2D eigenvalue weighted by Gasteiger charge is -2.26. The standard InChI is InChI=1S/C24H30N6O3/c1-24(2,3)33-23(31)29-10-9-17(16-29)20-26-19-15-25-22(28-11-13-32-14-12-28)27-21(19)30(20)18-7-5-4-6-8-18/h4-8,15,17H,9-14,16H2,1-3H3. The molecule has 1 aromatic carbocycles. The molecule has 2 saturated heterocycles. The van der Waals surface area contributed by atoms with Crippen molar-refractivity contribution >= 4 is 23.2 Å². The lowest BCUT2D eigenvalue weighted by molar-refractivity contribution is 0.0292. The number of anilines is 1. The zero-order valence-electron chi connectivity index (χ0n) is 19.4. The van der Waals surface area contributed by atoms with Gasteiger partial charge in [-0.1, -0.05) is 18.2 Å². The molecule has 0 bridgehead atoms. The lowest BCUT2D eigenvalue weighted by Crippen LogP contribution is -2.37. The number of hydrogen-bond donors (Lipinski definition) is 0. The first-order chi connectivity index (χ1) is 15.9. The zero-order chi connectivity index (χ0) is 23.0. The SMILES string of the molecule is CC(C)(C)OC(=O)N1CCC(c2nc3cnc(N4CCOCC4)nc3n2-c2ccccc2)C1. The van der Waals surface area contributed by atoms with Gasteiger partial charge in [-0.3, -0.25) is 4.57 Å². The topological polar surface area (TPSA) is 85.6 Å². The second-order valence-electron chi connectivity index (χ2n) is 9.53. The summed E-state index contributed by atoms with van der Waals surface area (Å²) in [5, 5.41) is 0. The average molecular weight is 451 g/mol. The van der Waals surface area contributed by atoms with E-state index in [0.29, 0.717) is 32.3 Å². The molecule has 2 fully saturated rings. The van der Waals surface area contributed by atoms with Gasteiger partial charge in [-0.15, -0.1) is 0 Å². The van der Waals surface area contributed by atoms with Crippen LogP contribution in [0.1, 0.15) is 38.9 Å². The van der Waals surface area contributed by atoms with Crippen molar-refractivity contribution in [3.63, 3.8) is 0 Å². The van der Waals surface area contributed by atoms with Gasteiger partial charge in [0.2, 0.25) is 5.95 Å². The summed E-state index contributed by atoms with van der Waals surface area (Å²) in [5.41, 5.74) is 2.01. The first-order valence-corrected chi connectivity index (χ1v) is 11.5. The van der Waals surface area contributed by atoms with Gasteiger partial charge in [-0.05, 0) is 39.3 Å². The van der Waals surface area contributed by atoms with Gasteiger partial charge in [0.05, 0.1) is 19.4 Å². The molecule has 2 aromatic heterocycles. The molecule has 1 unspecified atom stereocenters. The molecule has 2 aliphatic rings. The van der Waals surface area contributed by atoms with Crippen LogP contribution in [0.15, 0.2) is 36.5 Å². The molecule has 4 heterocycles. The Balaban J connectivity index is 1.51. The van der Waals surface area contributed by atoms with Crippen LogP contribution in [0, 0.1) is 0 Å². The summed E-state index contributed by atoms with van der Waals surface area (Å²) in [6.07, 6.45) is 2.34. The monoisotopic (exact) mass is 450 g/mol. The highest BCUT2D eigenvalue weighted by Gasteiger charge is 2.34. The predicted octanol–water partition coefficient (Wildman–Crippen LogP) is 3.38. The van der Waals surface area contributed by atoms with Crippen LogP contribution in [0.25, 0.3) is 16.9 Å². The minimum absolute atomic E-state index is 0.0822. The predicted molar refractivity (Wildman–Crippen MR) is 125 cm³/mol. The van der Waals surface area contributed by atoms with Crippen LogP contribution >= 0.6 is 0 Å². The summed E-state index contributed by atoms with van der Waals surface area (Å²) in [5.74, 6) is 1.67. The summed E-state index contributed by atoms with van der Waals surface area (Å²) in [6, 6.07) is 10.1. The summed E-state index contributed by atoms with van der Waals surface area (Å²) in [6.45, 7) is 9.75. The Kier molecular flexibility index (Phi) is 5.65. The van der Waals surface area contributed by atoms with Crippen molar-refractivity contribution in [2.24, 2.45) is 0 Å². The highest BCUT2D eigenvalue weighted by Crippen LogP contribution is 2.32. The molecule has 0 aliphatic carbocycles. The van der Waals surface area contributed by atoms with Crippen LogP contribution in [0.4, 0.5) is 10.7 Å². The molecule has 0 radical (unpaired) electrons. The van der Waals surface area contributed by atoms with Crippen LogP contribution in [0.5, 0.6) is 0 Å². The number of benzene rings is 1. The average Bonchev–Trinajstić information content (AvgIpc) is 3.44. The van der Waals surface area contributed by atoms with E-state index >= 15 is 0 Å². The zero-order valence-corrected chi connectivity index (χ0v) is 19.4. The third kappa shape index (κ3) is 4.50. The van der Waals surface area contributed by atoms with Crippen molar-refractivity contribution in [3.05, 3.63) is 42.4 Å². The largest absolute Gasteiger partial charge is 0.444 e. The van der Waals surface area contributed by atoms with Crippen LogP contribution in [0.3, 0.4) is 0 Å². The van der Waals surface area contributed by atoms with Gasteiger partial charge in [0.1, 0.15) is 16.9 Å². The van der Waals surface area contributed by atoms with Crippen molar-refractivity contribution in [2.45, 2.75) is 38.7 Å². The number of likely N-dealkylation sites (tertiary alicyclic amines) is 1. The smallest absolute Gasteiger partial charge is 0.410 e. The summed E-state index contributed by atoms with van der Waals surface area (Å²) < 4.78 is 13.2. The van der Waals surface area contributed by atoms with Gasteiger partial charge in [0.25, 0.3) is 0 Å². The summed E-state index contributed by atoms with van der Waals surface area (Å²) in [4.78, 5) is 31.0. The number of amides is 1. The number of carbonyl (C=O) groups is 1. The Morgan fingerprint density at radius 1 is 1.09 bits per heavy atom. The second kappa shape index (κ2) is 8.62. The molecule has 5 rings (SSSR count). The third-order valence-electron chi connectivity index (χ3n) is 5.93. The molecule has 0 saturated carbocycles. The number of rotatable bonds is 3. The fraction of sp³-hybridized carbons (Fsp3) is 0.500. The van der Waals surface area contributed by atoms with Crippen LogP contribution in [-0.2, 0) is 9.47 Å². The molecule has 0 N–H and O–H groups in total. The first kappa shape index (κ1) is 21.6. The minimum Gasteiger partial charge on any atom is -0.444 e. The molecule has 33 heavy (non-hydrogen) atoms. The highest BCUT2D eigenvalue weighted by molar-refractivity contribution is 5.75. The number of nitrogens with zero attached hydrogens (tertiary/aromatic N) is 6. The molecule has 3 aromatic rings. The second-order valence-corrected chi connectivity index (χ2v) is 9.53. The van der Waals surface area contributed by atoms with Crippen molar-refractivity contribution < 1.29 is 14.3 Å². The molecular formula is C24H30N6O3. The molecule has 2 aliphatic heterocycles. The number of morpholine rings is 1. The van der Waals surface area contributed by atoms with Crippen LogP contribution in [-0.4, -0.2) is 75.5 Å². The van der Waals surface area contributed by atoms with Gasteiger partial charge in [-0.25, -0.2) is 14.8 Å². The molecule has 9 nitrogen and oxygen atoms in total. The molecule has 1 amide bonds. The number of ether oxygens (including phenoxy) is 2. The van der Waals surface area contributed by atoms with Gasteiger partial charge in [0, 0.05) is 37.8 Å². The minimum atomic E-state index is -0.516. The number of aromatic nitrogens is 4. The van der Waals surface area contributed by atoms with Crippen LogP contribution < -0.4 is 4.90 Å². The van der Waals surface area contributed by atoms with E-state index in [1.54, 1.807) is 11.1 Å². The van der Waals surface area contributed by atoms with E-state index in [4.69, 9.17) is 19.4 Å². The van der Waals surface area contributed by atoms with E-state index < -0.39 is 5.60 Å². The molecule has 1 atom stereocenters. The van der Waals surface area contributed by atoms with Gasteiger partial charge < -0.3 is 19.3 Å². The van der Waals surface area contributed by atoms with Gasteiger partial charge >= 0.3 is 6.09 Å². The lowest BCUT2D eigenvalue weighted by atomic mass is 10.1. The van der Waals surface area contributed by atoms with Crippen LogP contribution in [0.2, 0.25) is 0 Å². The molecule has 174 valence electrons. The highest BCUT2D eigenvalue weighted by atomic mass is 16.6. The van der Waals surface area contributed by atoms with E-state index in [1.807, 2.05) is 39.0 Å². The normalized spacial score (nSPS) is 19.3. The quantitative estimate of drug-likeness (QED) is 0.605. The van der Waals surface area contributed by atoms with E-state index in [2.05, 4.69) is 26.6 Å². The Morgan fingerprint density at radius 2 is 1.85 bits per heavy atom. The van der Waals surface area contributed by atoms with Crippen molar-refractivity contribution in [3.8, 4) is 5.69 Å². The Labute approximate surface area is 193 Å². The van der Waals surface area contributed by atoms with Crippen molar-refractivity contribution in [1.29, 1.82) is 0 Å². The number of imidazole rings is 1. The van der Waals surface area contributed by atoms with Crippen molar-refractivity contribution in [1.82, 2.24) is 24.4 Å². The Hall–Kier alpha value is -3.20. The third-order valence-corrected chi connectivity index (χ3v) is 5.93. The molecule has 0 spiro atoms. The maximum absolute atomic E-state index is 12.6. The van der Waals surface area contributed by atoms with Gasteiger partial charge in [0.15, 0.2) is 5.65 Å². The van der Waals surface area contributed by atoms with E-state index in [1.165, 1.54) is 0 Å². The number of fused-ring (bicyclic) bond motifs is 1. The summed E-state index contributed by atoms with van der Waals surface area (Å²) in [7, 11) is 0. The maximum atomic E-state index is 12.6. The van der Waals surface area contributed by atoms with Gasteiger partial charge in [-0.2, -0.15) is 4.98 Å². The van der Waals surface area contributed by atoms with E-state index in [9.17, 15) is 4.79 Å². The fourth-order valence-electron chi connectivity index (χ4n) is 4.37. The first-order valence-electron chi connectivity index (χ1n) is 11.5. The number of hydrogen-bond acceptors (Lipinski definition) is 7. The number of para-hydroxylation sites is 1.